The van der Waals surface area contributed by atoms with Gasteiger partial charge in [0, 0.05) is 18.0 Å². The third-order valence-corrected chi connectivity index (χ3v) is 5.72. The number of aryl methyl sites for hydroxylation is 2. The average Bonchev–Trinajstić information content (AvgIpc) is 2.93. The van der Waals surface area contributed by atoms with Crippen LogP contribution < -0.4 is 5.32 Å². The van der Waals surface area contributed by atoms with Gasteiger partial charge in [-0.15, -0.1) is 11.3 Å². The van der Waals surface area contributed by atoms with Crippen LogP contribution in [0.5, 0.6) is 0 Å². The first kappa shape index (κ1) is 12.6. The van der Waals surface area contributed by atoms with Gasteiger partial charge in [-0.3, -0.25) is 0 Å². The summed E-state index contributed by atoms with van der Waals surface area (Å²) >= 11 is 1.98. The molecule has 1 aromatic heterocycles. The molecule has 0 aromatic carbocycles. The molecule has 0 saturated carbocycles. The lowest BCUT2D eigenvalue weighted by atomic mass is 9.88. The Kier molecular flexibility index (Phi) is 3.43. The van der Waals surface area contributed by atoms with E-state index in [1.807, 2.05) is 11.3 Å². The summed E-state index contributed by atoms with van der Waals surface area (Å²) in [6.07, 6.45) is 6.17. The lowest BCUT2D eigenvalue weighted by molar-refractivity contribution is 0.158. The molecular weight excluding hydrogens is 242 g/mol. The summed E-state index contributed by atoms with van der Waals surface area (Å²) in [5.74, 6) is 0. The van der Waals surface area contributed by atoms with Crippen molar-refractivity contribution in [3.05, 3.63) is 15.6 Å². The molecule has 4 heteroatoms. The minimum absolute atomic E-state index is 0.163. The quantitative estimate of drug-likeness (QED) is 0.908. The smallest absolute Gasteiger partial charge is 0.113 e. The van der Waals surface area contributed by atoms with E-state index in [0.717, 1.165) is 6.54 Å². The van der Waals surface area contributed by atoms with Gasteiger partial charge in [0.25, 0.3) is 0 Å². The van der Waals surface area contributed by atoms with Crippen LogP contribution in [0.2, 0.25) is 0 Å². The molecule has 0 bridgehead atoms. The number of rotatable bonds is 3. The Balaban J connectivity index is 1.88. The fourth-order valence-electron chi connectivity index (χ4n) is 3.20. The lowest BCUT2D eigenvalue weighted by Crippen LogP contribution is -2.50. The summed E-state index contributed by atoms with van der Waals surface area (Å²) in [6, 6.07) is 0. The molecule has 2 heterocycles. The summed E-state index contributed by atoms with van der Waals surface area (Å²) in [5, 5.41) is 5.11. The molecule has 1 aliphatic heterocycles. The molecular formula is C14H23N3S. The predicted octanol–water partition coefficient (Wildman–Crippen LogP) is 2.16. The van der Waals surface area contributed by atoms with Crippen molar-refractivity contribution in [2.75, 3.05) is 26.7 Å². The third kappa shape index (κ3) is 2.10. The van der Waals surface area contributed by atoms with Crippen LogP contribution in [-0.2, 0) is 18.4 Å². The van der Waals surface area contributed by atoms with Gasteiger partial charge in [-0.05, 0) is 45.7 Å². The fraction of sp³-hybridized carbons (Fsp3) is 0.786. The summed E-state index contributed by atoms with van der Waals surface area (Å²) in [6.45, 7) is 5.60. The van der Waals surface area contributed by atoms with Crippen molar-refractivity contribution in [2.24, 2.45) is 0 Å². The van der Waals surface area contributed by atoms with Crippen molar-refractivity contribution in [3.63, 3.8) is 0 Å². The minimum Gasteiger partial charge on any atom is -0.306 e. The molecule has 1 aliphatic carbocycles. The van der Waals surface area contributed by atoms with Crippen LogP contribution >= 0.6 is 11.3 Å². The van der Waals surface area contributed by atoms with Crippen molar-refractivity contribution in [1.29, 1.82) is 0 Å². The molecule has 1 saturated heterocycles. The molecule has 1 fully saturated rings. The highest BCUT2D eigenvalue weighted by Crippen LogP contribution is 2.38. The maximum atomic E-state index is 4.97. The number of hydrogen-bond acceptors (Lipinski definition) is 4. The normalized spacial score (nSPS) is 23.2. The van der Waals surface area contributed by atoms with Gasteiger partial charge in [-0.1, -0.05) is 6.92 Å². The first-order valence-electron chi connectivity index (χ1n) is 7.16. The van der Waals surface area contributed by atoms with E-state index in [4.69, 9.17) is 4.98 Å². The van der Waals surface area contributed by atoms with Crippen LogP contribution in [0.1, 0.15) is 41.8 Å². The van der Waals surface area contributed by atoms with Gasteiger partial charge in [-0.2, -0.15) is 0 Å². The number of likely N-dealkylation sites (tertiary alicyclic amines) is 1. The van der Waals surface area contributed by atoms with Gasteiger partial charge in [0.15, 0.2) is 0 Å². The monoisotopic (exact) mass is 265 g/mol. The third-order valence-electron chi connectivity index (χ3n) is 4.36. The molecule has 2 aliphatic rings. The Morgan fingerprint density at radius 2 is 2.11 bits per heavy atom. The van der Waals surface area contributed by atoms with E-state index in [9.17, 15) is 0 Å². The Hall–Kier alpha value is -0.450. The first-order chi connectivity index (χ1) is 8.73. The zero-order valence-corrected chi connectivity index (χ0v) is 12.3. The van der Waals surface area contributed by atoms with Gasteiger partial charge < -0.3 is 10.2 Å². The topological polar surface area (TPSA) is 28.2 Å². The molecule has 3 nitrogen and oxygen atoms in total. The zero-order valence-electron chi connectivity index (χ0n) is 11.5. The van der Waals surface area contributed by atoms with E-state index < -0.39 is 0 Å². The number of aromatic nitrogens is 1. The van der Waals surface area contributed by atoms with Gasteiger partial charge in [0.1, 0.15) is 5.01 Å². The zero-order chi connectivity index (χ0) is 12.6. The molecule has 0 spiro atoms. The Morgan fingerprint density at radius 3 is 2.78 bits per heavy atom. The van der Waals surface area contributed by atoms with Gasteiger partial charge >= 0.3 is 0 Å². The molecule has 100 valence electrons. The van der Waals surface area contributed by atoms with E-state index in [1.165, 1.54) is 55.9 Å². The van der Waals surface area contributed by atoms with Gasteiger partial charge in [-0.25, -0.2) is 4.98 Å². The molecule has 0 unspecified atom stereocenters. The van der Waals surface area contributed by atoms with Crippen LogP contribution in [-0.4, -0.2) is 36.6 Å². The van der Waals surface area contributed by atoms with E-state index in [2.05, 4.69) is 24.2 Å². The van der Waals surface area contributed by atoms with Crippen LogP contribution in [0.25, 0.3) is 0 Å². The van der Waals surface area contributed by atoms with E-state index >= 15 is 0 Å². The number of thiazole rings is 1. The molecule has 0 radical (unpaired) electrons. The largest absolute Gasteiger partial charge is 0.306 e. The maximum Gasteiger partial charge on any atom is 0.113 e. The van der Waals surface area contributed by atoms with Crippen LogP contribution in [0.4, 0.5) is 0 Å². The van der Waals surface area contributed by atoms with E-state index in [0.29, 0.717) is 0 Å². The van der Waals surface area contributed by atoms with Crippen molar-refractivity contribution < 1.29 is 0 Å². The second-order valence-corrected chi connectivity index (χ2v) is 6.74. The maximum absolute atomic E-state index is 4.97. The Morgan fingerprint density at radius 1 is 1.33 bits per heavy atom. The van der Waals surface area contributed by atoms with Gasteiger partial charge in [0.2, 0.25) is 0 Å². The molecule has 3 rings (SSSR count). The van der Waals surface area contributed by atoms with Crippen molar-refractivity contribution in [2.45, 2.75) is 44.6 Å². The molecule has 1 N–H and O–H groups in total. The summed E-state index contributed by atoms with van der Waals surface area (Å²) in [5.41, 5.74) is 1.56. The summed E-state index contributed by atoms with van der Waals surface area (Å²) in [7, 11) is 2.22. The van der Waals surface area contributed by atoms with E-state index in [-0.39, 0.29) is 5.54 Å². The second-order valence-electron chi connectivity index (χ2n) is 5.66. The highest BCUT2D eigenvalue weighted by Gasteiger charge is 2.38. The van der Waals surface area contributed by atoms with Crippen molar-refractivity contribution in [1.82, 2.24) is 15.2 Å². The number of nitrogens with one attached hydrogen (secondary N) is 1. The van der Waals surface area contributed by atoms with Crippen LogP contribution in [0, 0.1) is 0 Å². The second kappa shape index (κ2) is 4.91. The predicted molar refractivity (Wildman–Crippen MR) is 76.2 cm³/mol. The summed E-state index contributed by atoms with van der Waals surface area (Å²) in [4.78, 5) is 8.95. The number of piperidine rings is 1. The molecule has 0 amide bonds. The summed E-state index contributed by atoms with van der Waals surface area (Å²) < 4.78 is 0. The number of nitrogens with zero attached hydrogens (tertiary/aromatic N) is 2. The standard InChI is InChI=1S/C14H23N3S/c1-3-15-14(7-9-17(2)10-8-14)13-16-11-5-4-6-12(11)18-13/h15H,3-10H2,1-2H3. The van der Waals surface area contributed by atoms with Gasteiger partial charge in [0.05, 0.1) is 11.2 Å². The minimum atomic E-state index is 0.163. The number of hydrogen-bond donors (Lipinski definition) is 1. The lowest BCUT2D eigenvalue weighted by Gasteiger charge is -2.40. The van der Waals surface area contributed by atoms with Crippen molar-refractivity contribution >= 4 is 11.3 Å². The molecule has 18 heavy (non-hydrogen) atoms. The van der Waals surface area contributed by atoms with Crippen molar-refractivity contribution in [3.8, 4) is 0 Å². The highest BCUT2D eigenvalue weighted by atomic mass is 32.1. The first-order valence-corrected chi connectivity index (χ1v) is 7.98. The Labute approximate surface area is 114 Å². The number of fused-ring (bicyclic) bond motifs is 1. The van der Waals surface area contributed by atoms with E-state index in [1.54, 1.807) is 4.88 Å². The fourth-order valence-corrected chi connectivity index (χ4v) is 4.57. The highest BCUT2D eigenvalue weighted by molar-refractivity contribution is 7.12. The SMILES string of the molecule is CCNC1(c2nc3c(s2)CCC3)CCN(C)CC1. The van der Waals surface area contributed by atoms with Crippen LogP contribution in [0.3, 0.4) is 0 Å². The molecule has 1 aromatic rings. The Bertz CT molecular complexity index is 397. The molecule has 0 atom stereocenters. The average molecular weight is 265 g/mol. The van der Waals surface area contributed by atoms with Crippen LogP contribution in [0.15, 0.2) is 0 Å².